The van der Waals surface area contributed by atoms with Gasteiger partial charge in [0.1, 0.15) is 18.5 Å². The number of likely N-dealkylation sites (N-methyl/N-ethyl adjacent to an activating group) is 1. The Balaban J connectivity index is 1.47. The first-order valence-corrected chi connectivity index (χ1v) is 14.7. The highest BCUT2D eigenvalue weighted by atomic mass is 32.2. The molecule has 0 bridgehead atoms. The van der Waals surface area contributed by atoms with Crippen LogP contribution in [0.4, 0.5) is 16.3 Å². The molecular weight excluding hydrogens is 556 g/mol. The molecule has 1 saturated heterocycles. The average molecular weight is 591 g/mol. The fourth-order valence-corrected chi connectivity index (χ4v) is 6.11. The summed E-state index contributed by atoms with van der Waals surface area (Å²) in [7, 11) is -3.66. The fraction of sp³-hybridized carbons (Fsp3) is 0.480. The van der Waals surface area contributed by atoms with Crippen molar-refractivity contribution >= 4 is 44.6 Å². The molecule has 3 aromatic rings. The van der Waals surface area contributed by atoms with Gasteiger partial charge in [-0.25, -0.2) is 28.2 Å². The minimum absolute atomic E-state index is 0.0496. The van der Waals surface area contributed by atoms with Crippen LogP contribution < -0.4 is 16.0 Å². The highest BCUT2D eigenvalue weighted by Gasteiger charge is 2.47. The number of rotatable bonds is 11. The maximum absolute atomic E-state index is 13.0. The number of urea groups is 1. The van der Waals surface area contributed by atoms with Gasteiger partial charge in [0, 0.05) is 25.3 Å². The molecule has 3 amide bonds. The molecule has 2 aromatic heterocycles. The Morgan fingerprint density at radius 2 is 1.68 bits per heavy atom. The number of hydrogen-bond donors (Lipinski definition) is 5. The van der Waals surface area contributed by atoms with Gasteiger partial charge in [0.25, 0.3) is 5.91 Å². The molecule has 222 valence electrons. The SMILES string of the molecule is CCCN(CCC)S(=O)(=O)c1ccc(NC(=O)Nc2ncnc3c2ncn3[C@@H]2O[C@H](C(=O)NCC)C(O)[C@@H]2O)cc1. The van der Waals surface area contributed by atoms with Crippen molar-refractivity contribution in [3.05, 3.63) is 36.9 Å². The number of ether oxygens (including phenoxy) is 1. The Morgan fingerprint density at radius 1 is 1.00 bits per heavy atom. The van der Waals surface area contributed by atoms with E-state index < -0.39 is 46.5 Å². The van der Waals surface area contributed by atoms with Crippen molar-refractivity contribution in [1.29, 1.82) is 0 Å². The number of hydrogen-bond acceptors (Lipinski definition) is 10. The lowest BCUT2D eigenvalue weighted by Crippen LogP contribution is -2.42. The van der Waals surface area contributed by atoms with Crippen molar-refractivity contribution in [2.24, 2.45) is 0 Å². The van der Waals surface area contributed by atoms with Gasteiger partial charge in [-0.15, -0.1) is 0 Å². The molecule has 4 atom stereocenters. The number of anilines is 2. The van der Waals surface area contributed by atoms with Gasteiger partial charge in [0.15, 0.2) is 29.3 Å². The molecule has 1 aliphatic heterocycles. The van der Waals surface area contributed by atoms with Gasteiger partial charge in [-0.3, -0.25) is 14.7 Å². The third kappa shape index (κ3) is 6.31. The summed E-state index contributed by atoms with van der Waals surface area (Å²) in [4.78, 5) is 37.5. The van der Waals surface area contributed by atoms with Gasteiger partial charge < -0.3 is 25.6 Å². The maximum Gasteiger partial charge on any atom is 0.324 e. The number of imidazole rings is 1. The van der Waals surface area contributed by atoms with Crippen LogP contribution in [0.3, 0.4) is 0 Å². The summed E-state index contributed by atoms with van der Waals surface area (Å²) in [6, 6.07) is 5.17. The molecule has 0 saturated carbocycles. The Labute approximate surface area is 237 Å². The molecule has 1 aliphatic rings. The van der Waals surface area contributed by atoms with Crippen LogP contribution in [-0.2, 0) is 19.6 Å². The lowest BCUT2D eigenvalue weighted by atomic mass is 10.1. The predicted octanol–water partition coefficient (Wildman–Crippen LogP) is 1.04. The highest BCUT2D eigenvalue weighted by Crippen LogP contribution is 2.32. The Bertz CT molecular complexity index is 1470. The van der Waals surface area contributed by atoms with Crippen LogP contribution in [0.15, 0.2) is 41.8 Å². The molecule has 0 spiro atoms. The first kappa shape index (κ1) is 30.3. The average Bonchev–Trinajstić information content (AvgIpc) is 3.50. The van der Waals surface area contributed by atoms with E-state index in [1.807, 2.05) is 13.8 Å². The molecule has 1 unspecified atom stereocenters. The van der Waals surface area contributed by atoms with E-state index in [2.05, 4.69) is 30.9 Å². The molecule has 3 heterocycles. The van der Waals surface area contributed by atoms with Crippen LogP contribution in [0.2, 0.25) is 0 Å². The molecule has 15 nitrogen and oxygen atoms in total. The number of aliphatic hydroxyl groups is 2. The smallest absolute Gasteiger partial charge is 0.324 e. The summed E-state index contributed by atoms with van der Waals surface area (Å²) in [6.45, 7) is 6.71. The number of carbonyl (C=O) groups excluding carboxylic acids is 2. The summed E-state index contributed by atoms with van der Waals surface area (Å²) in [5.74, 6) is -0.516. The van der Waals surface area contributed by atoms with Gasteiger partial charge >= 0.3 is 6.03 Å². The third-order valence-corrected chi connectivity index (χ3v) is 8.32. The number of amides is 3. The van der Waals surface area contributed by atoms with Gasteiger partial charge in [0.05, 0.1) is 11.2 Å². The van der Waals surface area contributed by atoms with E-state index in [-0.39, 0.29) is 21.9 Å². The van der Waals surface area contributed by atoms with E-state index in [0.29, 0.717) is 38.2 Å². The number of benzene rings is 1. The van der Waals surface area contributed by atoms with Gasteiger partial charge in [-0.05, 0) is 44.0 Å². The fourth-order valence-electron chi connectivity index (χ4n) is 4.49. The number of nitrogens with one attached hydrogen (secondary N) is 3. The number of sulfonamides is 1. The quantitative estimate of drug-likeness (QED) is 0.215. The van der Waals surface area contributed by atoms with Crippen LogP contribution in [0.25, 0.3) is 11.2 Å². The minimum Gasteiger partial charge on any atom is -0.387 e. The molecule has 0 radical (unpaired) electrons. The Hall–Kier alpha value is -3.70. The zero-order valence-electron chi connectivity index (χ0n) is 22.9. The first-order valence-electron chi connectivity index (χ1n) is 13.3. The largest absolute Gasteiger partial charge is 0.387 e. The minimum atomic E-state index is -3.66. The molecule has 5 N–H and O–H groups in total. The summed E-state index contributed by atoms with van der Waals surface area (Å²) in [6.07, 6.45) is -1.52. The monoisotopic (exact) mass is 590 g/mol. The number of fused-ring (bicyclic) bond motifs is 1. The standard InChI is InChI=1S/C25H34N8O7S/c1-4-11-32(12-5-2)41(38,39)16-9-7-15(8-10-16)30-25(37)31-21-17-22(28-13-27-21)33(14-29-17)24-19(35)18(34)20(40-24)23(36)26-6-3/h7-10,13-14,18-20,24,34-35H,4-6,11-12H2,1-3H3,(H,26,36)(H2,27,28,30,31,37)/t18?,19-,20-,24+/m0/s1. The van der Waals surface area contributed by atoms with Gasteiger partial charge in [-0.1, -0.05) is 13.8 Å². The van der Waals surface area contributed by atoms with Crippen LogP contribution >= 0.6 is 0 Å². The second-order valence-electron chi connectivity index (χ2n) is 9.38. The van der Waals surface area contributed by atoms with Crippen molar-refractivity contribution in [3.8, 4) is 0 Å². The molecule has 4 rings (SSSR count). The predicted molar refractivity (Wildman–Crippen MR) is 148 cm³/mol. The van der Waals surface area contributed by atoms with Crippen LogP contribution in [-0.4, -0.2) is 92.3 Å². The zero-order valence-corrected chi connectivity index (χ0v) is 23.7. The zero-order chi connectivity index (χ0) is 29.7. The van der Waals surface area contributed by atoms with E-state index in [1.165, 1.54) is 45.8 Å². The van der Waals surface area contributed by atoms with E-state index in [1.54, 1.807) is 6.92 Å². The first-order chi connectivity index (χ1) is 19.6. The maximum atomic E-state index is 13.0. The molecule has 1 aromatic carbocycles. The lowest BCUT2D eigenvalue weighted by Gasteiger charge is -2.21. The summed E-state index contributed by atoms with van der Waals surface area (Å²) in [5.41, 5.74) is 0.701. The topological polar surface area (TPSA) is 201 Å². The van der Waals surface area contributed by atoms with Crippen molar-refractivity contribution in [2.45, 2.75) is 63.0 Å². The van der Waals surface area contributed by atoms with Crippen LogP contribution in [0.1, 0.15) is 39.8 Å². The summed E-state index contributed by atoms with van der Waals surface area (Å²) >= 11 is 0. The van der Waals surface area contributed by atoms with Gasteiger partial charge in [-0.2, -0.15) is 4.31 Å². The van der Waals surface area contributed by atoms with Gasteiger partial charge in [0.2, 0.25) is 10.0 Å². The number of nitrogens with zero attached hydrogens (tertiary/aromatic N) is 5. The van der Waals surface area contributed by atoms with Crippen molar-refractivity contribution < 1.29 is 33.0 Å². The Morgan fingerprint density at radius 3 is 2.32 bits per heavy atom. The molecule has 41 heavy (non-hydrogen) atoms. The van der Waals surface area contributed by atoms with E-state index in [4.69, 9.17) is 4.74 Å². The normalized spacial score (nSPS) is 20.8. The van der Waals surface area contributed by atoms with Crippen LogP contribution in [0.5, 0.6) is 0 Å². The molecule has 1 fully saturated rings. The number of carbonyl (C=O) groups is 2. The van der Waals surface area contributed by atoms with Crippen LogP contribution in [0, 0.1) is 0 Å². The van der Waals surface area contributed by atoms with E-state index >= 15 is 0 Å². The number of aromatic nitrogens is 4. The lowest BCUT2D eigenvalue weighted by molar-refractivity contribution is -0.137. The molecular formula is C25H34N8O7S. The van der Waals surface area contributed by atoms with E-state index in [9.17, 15) is 28.2 Å². The van der Waals surface area contributed by atoms with Crippen molar-refractivity contribution in [2.75, 3.05) is 30.3 Å². The summed E-state index contributed by atoms with van der Waals surface area (Å²) in [5, 5.41) is 28.6. The van der Waals surface area contributed by atoms with Crippen molar-refractivity contribution in [1.82, 2.24) is 29.1 Å². The molecule has 0 aliphatic carbocycles. The third-order valence-electron chi connectivity index (χ3n) is 6.41. The second kappa shape index (κ2) is 12.9. The van der Waals surface area contributed by atoms with Crippen molar-refractivity contribution in [3.63, 3.8) is 0 Å². The second-order valence-corrected chi connectivity index (χ2v) is 11.3. The Kier molecular flexibility index (Phi) is 9.49. The van der Waals surface area contributed by atoms with E-state index in [0.717, 1.165) is 0 Å². The molecule has 16 heteroatoms. The highest BCUT2D eigenvalue weighted by molar-refractivity contribution is 7.89. The summed E-state index contributed by atoms with van der Waals surface area (Å²) < 4.78 is 34.4. The number of aliphatic hydroxyl groups excluding tert-OH is 2.